The summed E-state index contributed by atoms with van der Waals surface area (Å²) < 4.78 is 33.8. The zero-order chi connectivity index (χ0) is 28.5. The Kier molecular flexibility index (Phi) is 6.65. The van der Waals surface area contributed by atoms with Crippen molar-refractivity contribution in [1.82, 2.24) is 0 Å². The second-order valence-electron chi connectivity index (χ2n) is 9.13. The van der Waals surface area contributed by atoms with Crippen LogP contribution in [0.25, 0.3) is 28.4 Å². The Morgan fingerprint density at radius 1 is 0.780 bits per heavy atom. The number of hydrogen-bond acceptors (Lipinski definition) is 8. The highest BCUT2D eigenvalue weighted by Crippen LogP contribution is 2.39. The van der Waals surface area contributed by atoms with E-state index in [2.05, 4.69) is 0 Å². The van der Waals surface area contributed by atoms with E-state index in [9.17, 15) is 9.59 Å². The van der Waals surface area contributed by atoms with Gasteiger partial charge in [0.05, 0.1) is 26.9 Å². The number of ether oxygens (including phenoxy) is 5. The van der Waals surface area contributed by atoms with Crippen molar-refractivity contribution < 1.29 is 37.7 Å². The number of allylic oxidation sites excluding steroid dienone is 1. The maximum atomic E-state index is 13.6. The zero-order valence-electron chi connectivity index (χ0n) is 22.4. The molecule has 0 saturated heterocycles. The molecule has 1 aliphatic heterocycles. The van der Waals surface area contributed by atoms with E-state index < -0.39 is 5.97 Å². The predicted molar refractivity (Wildman–Crippen MR) is 152 cm³/mol. The monoisotopic (exact) mass is 548 g/mol. The molecule has 0 atom stereocenters. The van der Waals surface area contributed by atoms with Crippen LogP contribution in [0.3, 0.4) is 0 Å². The number of benzene rings is 4. The van der Waals surface area contributed by atoms with Gasteiger partial charge < -0.3 is 28.1 Å². The molecule has 0 aliphatic carbocycles. The summed E-state index contributed by atoms with van der Waals surface area (Å²) in [5, 5.41) is 0.555. The van der Waals surface area contributed by atoms with Gasteiger partial charge in [0.25, 0.3) is 0 Å². The van der Waals surface area contributed by atoms with E-state index in [-0.39, 0.29) is 28.6 Å². The first-order valence-corrected chi connectivity index (χ1v) is 12.7. The number of esters is 1. The Morgan fingerprint density at radius 2 is 1.51 bits per heavy atom. The second-order valence-corrected chi connectivity index (χ2v) is 9.13. The van der Waals surface area contributed by atoms with Crippen LogP contribution in [0.5, 0.6) is 28.7 Å². The van der Waals surface area contributed by atoms with E-state index in [1.807, 2.05) is 30.3 Å². The van der Waals surface area contributed by atoms with Crippen LogP contribution in [0.2, 0.25) is 0 Å². The summed E-state index contributed by atoms with van der Waals surface area (Å²) in [4.78, 5) is 26.7. The largest absolute Gasteiger partial charge is 0.497 e. The van der Waals surface area contributed by atoms with E-state index in [0.29, 0.717) is 45.1 Å². The van der Waals surface area contributed by atoms with Crippen LogP contribution >= 0.6 is 0 Å². The van der Waals surface area contributed by atoms with Crippen molar-refractivity contribution in [1.29, 1.82) is 0 Å². The minimum atomic E-state index is -0.626. The molecule has 0 saturated carbocycles. The Labute approximate surface area is 235 Å². The highest BCUT2D eigenvalue weighted by molar-refractivity contribution is 6.15. The molecule has 0 spiro atoms. The van der Waals surface area contributed by atoms with Crippen molar-refractivity contribution in [3.63, 3.8) is 0 Å². The molecule has 204 valence electrons. The van der Waals surface area contributed by atoms with Gasteiger partial charge in [-0.25, -0.2) is 4.79 Å². The summed E-state index contributed by atoms with van der Waals surface area (Å²) in [6.07, 6.45) is 1.60. The maximum Gasteiger partial charge on any atom is 0.348 e. The zero-order valence-corrected chi connectivity index (χ0v) is 22.4. The van der Waals surface area contributed by atoms with Crippen LogP contribution in [-0.2, 0) is 0 Å². The lowest BCUT2D eigenvalue weighted by Crippen LogP contribution is -2.09. The predicted octanol–water partition coefficient (Wildman–Crippen LogP) is 6.96. The molecular weight excluding hydrogens is 524 g/mol. The van der Waals surface area contributed by atoms with Crippen molar-refractivity contribution >= 4 is 28.8 Å². The first kappa shape index (κ1) is 25.8. The summed E-state index contributed by atoms with van der Waals surface area (Å²) >= 11 is 0. The molecular formula is C33H24O8. The van der Waals surface area contributed by atoms with Gasteiger partial charge in [0.1, 0.15) is 45.7 Å². The molecule has 8 heteroatoms. The average Bonchev–Trinajstić information content (AvgIpc) is 3.54. The molecule has 8 nitrogen and oxygen atoms in total. The maximum absolute atomic E-state index is 13.6. The van der Waals surface area contributed by atoms with Crippen molar-refractivity contribution in [3.05, 3.63) is 107 Å². The average molecular weight is 549 g/mol. The van der Waals surface area contributed by atoms with E-state index in [4.69, 9.17) is 28.1 Å². The van der Waals surface area contributed by atoms with Crippen LogP contribution < -0.4 is 23.7 Å². The fourth-order valence-corrected chi connectivity index (χ4v) is 4.67. The van der Waals surface area contributed by atoms with Gasteiger partial charge in [-0.3, -0.25) is 4.79 Å². The number of carbonyl (C=O) groups is 2. The van der Waals surface area contributed by atoms with Gasteiger partial charge in [-0.2, -0.15) is 0 Å². The normalized spacial score (nSPS) is 13.1. The van der Waals surface area contributed by atoms with E-state index in [1.165, 1.54) is 13.2 Å². The van der Waals surface area contributed by atoms with Gasteiger partial charge in [0.2, 0.25) is 5.78 Å². The summed E-state index contributed by atoms with van der Waals surface area (Å²) in [6, 6.07) is 24.4. The first-order chi connectivity index (χ1) is 20.0. The number of carbonyl (C=O) groups excluding carboxylic acids is 2. The molecule has 0 radical (unpaired) electrons. The lowest BCUT2D eigenvalue weighted by atomic mass is 10.1. The molecule has 5 aromatic rings. The van der Waals surface area contributed by atoms with Gasteiger partial charge >= 0.3 is 5.97 Å². The van der Waals surface area contributed by atoms with Crippen LogP contribution in [0, 0.1) is 0 Å². The summed E-state index contributed by atoms with van der Waals surface area (Å²) in [5.74, 6) is 1.78. The molecule has 0 fully saturated rings. The lowest BCUT2D eigenvalue weighted by Gasteiger charge is -2.08. The van der Waals surface area contributed by atoms with Gasteiger partial charge in [-0.15, -0.1) is 0 Å². The fourth-order valence-electron chi connectivity index (χ4n) is 4.67. The fraction of sp³-hybridized carbons (Fsp3) is 0.0909. The Balaban J connectivity index is 1.32. The third kappa shape index (κ3) is 4.76. The van der Waals surface area contributed by atoms with Crippen LogP contribution in [0.4, 0.5) is 0 Å². The number of fused-ring (bicyclic) bond motifs is 2. The van der Waals surface area contributed by atoms with Gasteiger partial charge in [-0.05, 0) is 48.5 Å². The van der Waals surface area contributed by atoms with Crippen molar-refractivity contribution in [2.24, 2.45) is 0 Å². The van der Waals surface area contributed by atoms with Crippen molar-refractivity contribution in [2.75, 3.05) is 21.3 Å². The number of rotatable bonds is 7. The molecule has 6 rings (SSSR count). The quantitative estimate of drug-likeness (QED) is 0.122. The third-order valence-electron chi connectivity index (χ3n) is 6.71. The van der Waals surface area contributed by atoms with Crippen LogP contribution in [0.15, 0.2) is 95.1 Å². The number of furan rings is 1. The summed E-state index contributed by atoms with van der Waals surface area (Å²) in [6.45, 7) is 0. The van der Waals surface area contributed by atoms with E-state index >= 15 is 0 Å². The molecule has 1 aliphatic rings. The molecule has 2 heterocycles. The van der Waals surface area contributed by atoms with Crippen LogP contribution in [-0.4, -0.2) is 33.1 Å². The van der Waals surface area contributed by atoms with Gasteiger partial charge in [-0.1, -0.05) is 30.3 Å². The van der Waals surface area contributed by atoms with Gasteiger partial charge in [0.15, 0.2) is 5.76 Å². The Hall–Kier alpha value is -5.50. The molecule has 1 aromatic heterocycles. The third-order valence-corrected chi connectivity index (χ3v) is 6.71. The number of Topliss-reactive ketones (excluding diaryl/α,β-unsaturated/α-hetero) is 1. The minimum absolute atomic E-state index is 0.117. The highest BCUT2D eigenvalue weighted by atomic mass is 16.5. The number of hydrogen-bond donors (Lipinski definition) is 0. The van der Waals surface area contributed by atoms with Crippen molar-refractivity contribution in [2.45, 2.75) is 0 Å². The number of ketones is 1. The van der Waals surface area contributed by atoms with Gasteiger partial charge in [0, 0.05) is 28.6 Å². The number of methoxy groups -OCH3 is 3. The van der Waals surface area contributed by atoms with E-state index in [0.717, 1.165) is 5.56 Å². The lowest BCUT2D eigenvalue weighted by molar-refractivity contribution is 0.0736. The van der Waals surface area contributed by atoms with E-state index in [1.54, 1.807) is 68.8 Å². The second kappa shape index (κ2) is 10.6. The first-order valence-electron chi connectivity index (χ1n) is 12.7. The van der Waals surface area contributed by atoms with Crippen LogP contribution in [0.1, 0.15) is 26.3 Å². The molecule has 0 amide bonds. The molecule has 0 unspecified atom stereocenters. The standard InChI is InChI=1S/C33H24O8/c1-36-21-12-14-26-25(16-21)30(32(41-26)19-7-5-4-6-8-19)33(35)39-23-11-13-24-28(18-23)40-29(31(24)34)15-20-9-10-22(37-2)17-27(20)38-3/h4-18H,1-3H3/b29-15-. The smallest absolute Gasteiger partial charge is 0.348 e. The Bertz CT molecular complexity index is 1830. The highest BCUT2D eigenvalue weighted by Gasteiger charge is 2.30. The molecule has 0 N–H and O–H groups in total. The molecule has 4 aromatic carbocycles. The molecule has 41 heavy (non-hydrogen) atoms. The summed E-state index contributed by atoms with van der Waals surface area (Å²) in [5.41, 5.74) is 2.50. The topological polar surface area (TPSA) is 93.4 Å². The minimum Gasteiger partial charge on any atom is -0.497 e. The SMILES string of the molecule is COc1ccc(/C=C2\Oc3cc(OC(=O)c4c(-c5ccccc5)oc5ccc(OC)cc45)ccc3C2=O)c(OC)c1. The molecule has 0 bridgehead atoms. The summed E-state index contributed by atoms with van der Waals surface area (Å²) in [7, 11) is 4.65. The van der Waals surface area contributed by atoms with Crippen molar-refractivity contribution in [3.8, 4) is 40.1 Å². The Morgan fingerprint density at radius 3 is 2.27 bits per heavy atom.